The zero-order valence-corrected chi connectivity index (χ0v) is 17.9. The molecule has 0 aliphatic rings. The van der Waals surface area contributed by atoms with Crippen LogP contribution in [0, 0.1) is 3.57 Å². The Kier molecular flexibility index (Phi) is 7.69. The Morgan fingerprint density at radius 1 is 1.08 bits per heavy atom. The predicted molar refractivity (Wildman–Crippen MR) is 108 cm³/mol. The Labute approximate surface area is 168 Å². The Hall–Kier alpha value is -0.000000000000000111. The number of ether oxygens (including phenoxy) is 2. The van der Waals surface area contributed by atoms with E-state index in [1.807, 2.05) is 22.6 Å². The highest BCUT2D eigenvalue weighted by molar-refractivity contribution is 14.1. The molecule has 0 unspecified atom stereocenters. The van der Waals surface area contributed by atoms with Gasteiger partial charge in [-0.05, 0) is 41.5 Å². The Morgan fingerprint density at radius 2 is 1.62 bits per heavy atom. The molecule has 5 nitrogen and oxygen atoms in total. The lowest BCUT2D eigenvalue weighted by Gasteiger charge is -2.12. The molecule has 2 rings (SSSR count). The molecule has 0 spiro atoms. The Balaban J connectivity index is 2.45. The van der Waals surface area contributed by atoms with Crippen LogP contribution in [0.5, 0.6) is 11.5 Å². The van der Waals surface area contributed by atoms with Crippen molar-refractivity contribution in [3.05, 3.63) is 15.7 Å². The van der Waals surface area contributed by atoms with Crippen LogP contribution in [0.2, 0.25) is 0 Å². The normalized spacial score (nSPS) is 11.8. The largest absolute Gasteiger partial charge is 0.490 e. The van der Waals surface area contributed by atoms with Crippen molar-refractivity contribution in [1.29, 1.82) is 0 Å². The van der Waals surface area contributed by atoms with Crippen LogP contribution in [0.3, 0.4) is 0 Å². The SMILES string of the molecule is NS(=O)(=O)c1sc2cc(OCCCCl)c(OCCCCl)cc2c1I. The Morgan fingerprint density at radius 3 is 2.12 bits per heavy atom. The van der Waals surface area contributed by atoms with E-state index in [1.54, 1.807) is 12.1 Å². The van der Waals surface area contributed by atoms with Crippen LogP contribution in [-0.4, -0.2) is 33.4 Å². The second-order valence-corrected chi connectivity index (χ2v) is 9.47. The number of nitrogens with two attached hydrogens (primary N) is 1. The van der Waals surface area contributed by atoms with Crippen molar-refractivity contribution < 1.29 is 17.9 Å². The van der Waals surface area contributed by atoms with E-state index in [4.69, 9.17) is 37.8 Å². The number of halogens is 3. The number of rotatable bonds is 9. The van der Waals surface area contributed by atoms with Crippen molar-refractivity contribution in [1.82, 2.24) is 0 Å². The zero-order valence-electron chi connectivity index (χ0n) is 12.6. The molecule has 0 aliphatic carbocycles. The summed E-state index contributed by atoms with van der Waals surface area (Å²) in [4.78, 5) is 0. The lowest BCUT2D eigenvalue weighted by molar-refractivity contribution is 0.270. The van der Waals surface area contributed by atoms with Gasteiger partial charge < -0.3 is 9.47 Å². The first-order valence-electron chi connectivity index (χ1n) is 7.05. The van der Waals surface area contributed by atoms with Gasteiger partial charge in [-0.2, -0.15) is 0 Å². The minimum Gasteiger partial charge on any atom is -0.490 e. The van der Waals surface area contributed by atoms with Gasteiger partial charge >= 0.3 is 0 Å². The first-order valence-corrected chi connectivity index (χ1v) is 11.6. The predicted octanol–water partition coefficient (Wildman–Crippen LogP) is 4.17. The van der Waals surface area contributed by atoms with Gasteiger partial charge in [-0.25, -0.2) is 13.6 Å². The van der Waals surface area contributed by atoms with Gasteiger partial charge in [0.25, 0.3) is 0 Å². The van der Waals surface area contributed by atoms with E-state index < -0.39 is 10.0 Å². The number of fused-ring (bicyclic) bond motifs is 1. The van der Waals surface area contributed by atoms with Crippen molar-refractivity contribution in [2.24, 2.45) is 5.14 Å². The molecule has 0 saturated heterocycles. The average Bonchev–Trinajstić information content (AvgIpc) is 2.84. The molecule has 0 amide bonds. The summed E-state index contributed by atoms with van der Waals surface area (Å²) in [6, 6.07) is 3.56. The second kappa shape index (κ2) is 9.09. The van der Waals surface area contributed by atoms with Gasteiger partial charge in [-0.1, -0.05) is 0 Å². The van der Waals surface area contributed by atoms with E-state index in [9.17, 15) is 8.42 Å². The Bertz CT molecular complexity index is 811. The molecule has 10 heteroatoms. The molecular weight excluding hydrogens is 508 g/mol. The van der Waals surface area contributed by atoms with Crippen LogP contribution in [-0.2, 0) is 10.0 Å². The fourth-order valence-electron chi connectivity index (χ4n) is 1.93. The van der Waals surface area contributed by atoms with Crippen LogP contribution in [0.4, 0.5) is 0 Å². The number of sulfonamides is 1. The zero-order chi connectivity index (χ0) is 17.7. The molecule has 0 saturated carbocycles. The summed E-state index contributed by atoms with van der Waals surface area (Å²) in [7, 11) is -3.77. The quantitative estimate of drug-likeness (QED) is 0.304. The first-order chi connectivity index (χ1) is 11.4. The molecule has 2 N–H and O–H groups in total. The molecule has 1 aromatic heterocycles. The van der Waals surface area contributed by atoms with Crippen LogP contribution >= 0.6 is 57.1 Å². The van der Waals surface area contributed by atoms with Crippen molar-refractivity contribution >= 4 is 77.2 Å². The minimum atomic E-state index is -3.77. The second-order valence-electron chi connectivity index (χ2n) is 4.83. The van der Waals surface area contributed by atoms with Crippen LogP contribution in [0.1, 0.15) is 12.8 Å². The molecule has 2 aromatic rings. The van der Waals surface area contributed by atoms with Gasteiger partial charge in [0, 0.05) is 27.9 Å². The van der Waals surface area contributed by atoms with Gasteiger partial charge in [0.15, 0.2) is 11.5 Å². The summed E-state index contributed by atoms with van der Waals surface area (Å²) in [5.41, 5.74) is 0. The lowest BCUT2D eigenvalue weighted by Crippen LogP contribution is -2.11. The fourth-order valence-corrected chi connectivity index (χ4v) is 5.96. The number of primary sulfonamides is 1. The summed E-state index contributed by atoms with van der Waals surface area (Å²) < 4.78 is 36.4. The van der Waals surface area contributed by atoms with Gasteiger partial charge in [-0.3, -0.25) is 0 Å². The van der Waals surface area contributed by atoms with Crippen molar-refractivity contribution in [2.45, 2.75) is 17.1 Å². The summed E-state index contributed by atoms with van der Waals surface area (Å²) in [6.45, 7) is 0.898. The third-order valence-electron chi connectivity index (χ3n) is 2.99. The minimum absolute atomic E-state index is 0.141. The third-order valence-corrected chi connectivity index (χ3v) is 8.00. The highest BCUT2D eigenvalue weighted by atomic mass is 127. The van der Waals surface area contributed by atoms with E-state index in [0.29, 0.717) is 52.9 Å². The molecule has 0 atom stereocenters. The van der Waals surface area contributed by atoms with Gasteiger partial charge in [0.2, 0.25) is 10.0 Å². The molecule has 0 radical (unpaired) electrons. The average molecular weight is 524 g/mol. The third kappa shape index (κ3) is 5.01. The van der Waals surface area contributed by atoms with Crippen LogP contribution in [0.15, 0.2) is 16.3 Å². The summed E-state index contributed by atoms with van der Waals surface area (Å²) >= 11 is 14.5. The highest BCUT2D eigenvalue weighted by Crippen LogP contribution is 2.41. The lowest BCUT2D eigenvalue weighted by atomic mass is 10.2. The summed E-state index contributed by atoms with van der Waals surface area (Å²) in [5.74, 6) is 2.10. The molecule has 0 aliphatic heterocycles. The molecule has 1 heterocycles. The number of hydrogen-bond acceptors (Lipinski definition) is 5. The van der Waals surface area contributed by atoms with E-state index in [0.717, 1.165) is 21.4 Å². The molecule has 134 valence electrons. The molecule has 24 heavy (non-hydrogen) atoms. The van der Waals surface area contributed by atoms with Crippen molar-refractivity contribution in [3.8, 4) is 11.5 Å². The number of thiophene rings is 1. The van der Waals surface area contributed by atoms with E-state index in [-0.39, 0.29) is 4.21 Å². The van der Waals surface area contributed by atoms with Gasteiger partial charge in [-0.15, -0.1) is 34.5 Å². The summed E-state index contributed by atoms with van der Waals surface area (Å²) in [5, 5.41) is 6.05. The van der Waals surface area contributed by atoms with Gasteiger partial charge in [0.05, 0.1) is 16.8 Å². The summed E-state index contributed by atoms with van der Waals surface area (Å²) in [6.07, 6.45) is 1.40. The molecule has 1 aromatic carbocycles. The highest BCUT2D eigenvalue weighted by Gasteiger charge is 2.21. The molecule has 0 bridgehead atoms. The smallest absolute Gasteiger partial charge is 0.248 e. The van der Waals surface area contributed by atoms with E-state index >= 15 is 0 Å². The number of hydrogen-bond donors (Lipinski definition) is 1. The maximum atomic E-state index is 11.7. The van der Waals surface area contributed by atoms with E-state index in [2.05, 4.69) is 0 Å². The standard InChI is InChI=1S/C14H16Cl2INO4S2/c15-3-1-5-21-10-7-9-12(8-11(10)22-6-2-4-16)23-14(13(9)17)24(18,19)20/h7-8H,1-6H2,(H2,18,19,20). The van der Waals surface area contributed by atoms with Crippen LogP contribution < -0.4 is 14.6 Å². The molecule has 0 fully saturated rings. The fraction of sp³-hybridized carbons (Fsp3) is 0.429. The monoisotopic (exact) mass is 523 g/mol. The first kappa shape index (κ1) is 20.3. The van der Waals surface area contributed by atoms with E-state index in [1.165, 1.54) is 0 Å². The van der Waals surface area contributed by atoms with Crippen molar-refractivity contribution in [2.75, 3.05) is 25.0 Å². The molecular formula is C14H16Cl2INO4S2. The van der Waals surface area contributed by atoms with Crippen molar-refractivity contribution in [3.63, 3.8) is 0 Å². The maximum Gasteiger partial charge on any atom is 0.248 e. The van der Waals surface area contributed by atoms with Crippen LogP contribution in [0.25, 0.3) is 10.1 Å². The topological polar surface area (TPSA) is 78.6 Å². The number of alkyl halides is 2. The maximum absolute atomic E-state index is 11.7. The number of benzene rings is 1. The van der Waals surface area contributed by atoms with Gasteiger partial charge in [0.1, 0.15) is 4.21 Å².